The topological polar surface area (TPSA) is 52.6 Å². The molecule has 0 aliphatic carbocycles. The van der Waals surface area contributed by atoms with E-state index < -0.39 is 17.4 Å². The molecule has 0 saturated heterocycles. The first-order valence-electron chi connectivity index (χ1n) is 8.49. The van der Waals surface area contributed by atoms with Gasteiger partial charge in [-0.3, -0.25) is 9.59 Å². The van der Waals surface area contributed by atoms with Crippen molar-refractivity contribution in [1.29, 1.82) is 0 Å². The van der Waals surface area contributed by atoms with Gasteiger partial charge in [0.15, 0.2) is 5.41 Å². The molecule has 0 radical (unpaired) electrons. The number of benzene rings is 1. The molecule has 1 aromatic rings. The van der Waals surface area contributed by atoms with Crippen LogP contribution in [-0.4, -0.2) is 25.2 Å². The number of carbonyl (C=O) groups excluding carboxylic acids is 2. The van der Waals surface area contributed by atoms with Crippen LogP contribution in [0.1, 0.15) is 52.0 Å². The van der Waals surface area contributed by atoms with E-state index in [1.165, 1.54) is 5.56 Å². The Hall–Kier alpha value is -1.84. The summed E-state index contributed by atoms with van der Waals surface area (Å²) in [5, 5.41) is 0. The van der Waals surface area contributed by atoms with Crippen molar-refractivity contribution in [1.82, 2.24) is 0 Å². The minimum atomic E-state index is -1.16. The summed E-state index contributed by atoms with van der Waals surface area (Å²) in [6, 6.07) is 10.1. The number of ether oxygens (including phenoxy) is 2. The lowest BCUT2D eigenvalue weighted by Gasteiger charge is -2.26. The molecule has 0 bridgehead atoms. The van der Waals surface area contributed by atoms with E-state index >= 15 is 0 Å². The molecule has 0 atom stereocenters. The van der Waals surface area contributed by atoms with E-state index in [4.69, 9.17) is 9.47 Å². The Balaban J connectivity index is 2.52. The van der Waals surface area contributed by atoms with E-state index in [0.29, 0.717) is 26.1 Å². The fourth-order valence-electron chi connectivity index (χ4n) is 2.47. The van der Waals surface area contributed by atoms with Crippen molar-refractivity contribution in [3.63, 3.8) is 0 Å². The molecule has 23 heavy (non-hydrogen) atoms. The van der Waals surface area contributed by atoms with Crippen LogP contribution in [0.3, 0.4) is 0 Å². The van der Waals surface area contributed by atoms with Gasteiger partial charge >= 0.3 is 11.9 Å². The van der Waals surface area contributed by atoms with Gasteiger partial charge in [0.2, 0.25) is 0 Å². The van der Waals surface area contributed by atoms with Gasteiger partial charge in [-0.1, -0.05) is 51.1 Å². The summed E-state index contributed by atoms with van der Waals surface area (Å²) in [6.07, 6.45) is 3.11. The molecule has 0 aromatic heterocycles. The fraction of sp³-hybridized carbons (Fsp3) is 0.579. The number of aryl methyl sites for hydroxylation is 1. The van der Waals surface area contributed by atoms with Crippen LogP contribution in [0.25, 0.3) is 0 Å². The number of esters is 2. The predicted octanol–water partition coefficient (Wildman–Crippen LogP) is 3.92. The summed E-state index contributed by atoms with van der Waals surface area (Å²) in [5.74, 6) is -0.922. The molecular weight excluding hydrogens is 292 g/mol. The molecule has 0 fully saturated rings. The van der Waals surface area contributed by atoms with E-state index in [0.717, 1.165) is 19.3 Å². The van der Waals surface area contributed by atoms with Gasteiger partial charge in [0, 0.05) is 0 Å². The molecular formula is C19H28O4. The number of hydrogen-bond donors (Lipinski definition) is 0. The highest BCUT2D eigenvalue weighted by molar-refractivity contribution is 5.99. The quantitative estimate of drug-likeness (QED) is 0.372. The zero-order valence-electron chi connectivity index (χ0n) is 14.5. The average Bonchev–Trinajstić information content (AvgIpc) is 2.59. The fourth-order valence-corrected chi connectivity index (χ4v) is 2.47. The maximum Gasteiger partial charge on any atom is 0.323 e. The lowest BCUT2D eigenvalue weighted by Crippen LogP contribution is -2.41. The molecule has 4 nitrogen and oxygen atoms in total. The largest absolute Gasteiger partial charge is 0.465 e. The van der Waals surface area contributed by atoms with Crippen molar-refractivity contribution in [3.8, 4) is 0 Å². The summed E-state index contributed by atoms with van der Waals surface area (Å²) in [4.78, 5) is 24.7. The maximum absolute atomic E-state index is 12.4. The van der Waals surface area contributed by atoms with Gasteiger partial charge in [-0.25, -0.2) is 0 Å². The smallest absolute Gasteiger partial charge is 0.323 e. The van der Waals surface area contributed by atoms with Crippen LogP contribution in [0, 0.1) is 5.41 Å². The molecule has 0 aliphatic heterocycles. The highest BCUT2D eigenvalue weighted by Crippen LogP contribution is 2.30. The molecule has 0 N–H and O–H groups in total. The van der Waals surface area contributed by atoms with Crippen LogP contribution in [0.4, 0.5) is 0 Å². The Kier molecular flexibility index (Phi) is 8.38. The molecule has 0 saturated carbocycles. The normalized spacial score (nSPS) is 11.1. The molecule has 0 aliphatic rings. The molecule has 0 amide bonds. The molecule has 4 heteroatoms. The number of carbonyl (C=O) groups is 2. The van der Waals surface area contributed by atoms with Crippen molar-refractivity contribution < 1.29 is 19.1 Å². The minimum Gasteiger partial charge on any atom is -0.465 e. The Morgan fingerprint density at radius 3 is 2.00 bits per heavy atom. The first-order chi connectivity index (χ1) is 11.1. The van der Waals surface area contributed by atoms with Crippen LogP contribution < -0.4 is 0 Å². The molecule has 1 aromatic carbocycles. The third-order valence-electron chi connectivity index (χ3n) is 4.11. The van der Waals surface area contributed by atoms with Crippen LogP contribution in [-0.2, 0) is 25.5 Å². The lowest BCUT2D eigenvalue weighted by molar-refractivity contribution is -0.173. The summed E-state index contributed by atoms with van der Waals surface area (Å²) in [6.45, 7) is 6.22. The van der Waals surface area contributed by atoms with Crippen molar-refractivity contribution in [2.45, 2.75) is 52.9 Å². The number of rotatable bonds is 10. The third kappa shape index (κ3) is 5.38. The molecule has 128 valence electrons. The monoisotopic (exact) mass is 320 g/mol. The van der Waals surface area contributed by atoms with E-state index in [-0.39, 0.29) is 0 Å². The summed E-state index contributed by atoms with van der Waals surface area (Å²) in [7, 11) is 0. The van der Waals surface area contributed by atoms with Gasteiger partial charge < -0.3 is 9.47 Å². The second-order valence-corrected chi connectivity index (χ2v) is 5.65. The van der Waals surface area contributed by atoms with Crippen LogP contribution in [0.5, 0.6) is 0 Å². The maximum atomic E-state index is 12.4. The number of hydrogen-bond acceptors (Lipinski definition) is 4. The van der Waals surface area contributed by atoms with Crippen molar-refractivity contribution in [2.75, 3.05) is 13.2 Å². The lowest BCUT2D eigenvalue weighted by atomic mass is 9.82. The van der Waals surface area contributed by atoms with Crippen LogP contribution in [0.2, 0.25) is 0 Å². The van der Waals surface area contributed by atoms with Crippen molar-refractivity contribution in [3.05, 3.63) is 35.9 Å². The van der Waals surface area contributed by atoms with E-state index in [2.05, 4.69) is 0 Å². The highest BCUT2D eigenvalue weighted by atomic mass is 16.6. The zero-order valence-corrected chi connectivity index (χ0v) is 14.5. The van der Waals surface area contributed by atoms with Crippen molar-refractivity contribution >= 4 is 11.9 Å². The molecule has 0 heterocycles. The van der Waals surface area contributed by atoms with Gasteiger partial charge in [0.05, 0.1) is 13.2 Å². The van der Waals surface area contributed by atoms with Crippen LogP contribution in [0.15, 0.2) is 30.3 Å². The van der Waals surface area contributed by atoms with Gasteiger partial charge in [-0.05, 0) is 37.7 Å². The summed E-state index contributed by atoms with van der Waals surface area (Å²) < 4.78 is 10.6. The van der Waals surface area contributed by atoms with Gasteiger partial charge in [-0.15, -0.1) is 0 Å². The Bertz CT molecular complexity index is 477. The van der Waals surface area contributed by atoms with Crippen molar-refractivity contribution in [2.24, 2.45) is 5.41 Å². The molecule has 0 unspecified atom stereocenters. The standard InChI is InChI=1S/C19H28O4/c1-4-14-22-17(20)19(5-2,6-3)18(21)23-15-10-13-16-11-8-7-9-12-16/h7-9,11-12H,4-6,10,13-15H2,1-3H3. The Morgan fingerprint density at radius 1 is 0.913 bits per heavy atom. The Morgan fingerprint density at radius 2 is 1.48 bits per heavy atom. The van der Waals surface area contributed by atoms with E-state index in [1.807, 2.05) is 51.1 Å². The average molecular weight is 320 g/mol. The highest BCUT2D eigenvalue weighted by Gasteiger charge is 2.45. The van der Waals surface area contributed by atoms with Gasteiger partial charge in [-0.2, -0.15) is 0 Å². The zero-order chi connectivity index (χ0) is 17.1. The molecule has 1 rings (SSSR count). The predicted molar refractivity (Wildman–Crippen MR) is 90.0 cm³/mol. The third-order valence-corrected chi connectivity index (χ3v) is 4.11. The first kappa shape index (κ1) is 19.2. The van der Waals surface area contributed by atoms with Crippen LogP contribution >= 0.6 is 0 Å². The second kappa shape index (κ2) is 10.0. The molecule has 0 spiro atoms. The minimum absolute atomic E-state index is 0.316. The van der Waals surface area contributed by atoms with Gasteiger partial charge in [0.25, 0.3) is 0 Å². The van der Waals surface area contributed by atoms with E-state index in [9.17, 15) is 9.59 Å². The Labute approximate surface area is 139 Å². The summed E-state index contributed by atoms with van der Waals surface area (Å²) in [5.41, 5.74) is 0.0465. The SMILES string of the molecule is CCCOC(=O)C(CC)(CC)C(=O)OCCCc1ccccc1. The summed E-state index contributed by atoms with van der Waals surface area (Å²) >= 11 is 0. The second-order valence-electron chi connectivity index (χ2n) is 5.65. The first-order valence-corrected chi connectivity index (χ1v) is 8.49. The van der Waals surface area contributed by atoms with Gasteiger partial charge in [0.1, 0.15) is 0 Å². The van der Waals surface area contributed by atoms with E-state index in [1.54, 1.807) is 0 Å².